The fraction of sp³-hybridized carbons (Fsp3) is 0.278. The van der Waals surface area contributed by atoms with E-state index in [1.807, 2.05) is 30.3 Å². The second-order valence-electron chi connectivity index (χ2n) is 6.25. The number of benzene rings is 2. The van der Waals surface area contributed by atoms with Gasteiger partial charge in [-0.05, 0) is 60.2 Å². The van der Waals surface area contributed by atoms with E-state index in [0.717, 1.165) is 24.1 Å². The molecule has 0 radical (unpaired) electrons. The minimum Gasteiger partial charge on any atom is -0.325 e. The maximum Gasteiger partial charge on any atom is 0.244 e. The van der Waals surface area contributed by atoms with Crippen LogP contribution in [0.15, 0.2) is 42.5 Å². The number of anilines is 1. The SMILES string of the molecule is O=C(Nc1ccc2c(c1)CCC2)C1NNNC1c1cccc(Cl)c1. The summed E-state index contributed by atoms with van der Waals surface area (Å²) in [6.45, 7) is 0. The lowest BCUT2D eigenvalue weighted by Gasteiger charge is -2.18. The third kappa shape index (κ3) is 3.03. The average molecular weight is 343 g/mol. The molecule has 1 fully saturated rings. The van der Waals surface area contributed by atoms with E-state index in [2.05, 4.69) is 33.8 Å². The van der Waals surface area contributed by atoms with Gasteiger partial charge in [-0.3, -0.25) is 4.79 Å². The van der Waals surface area contributed by atoms with Gasteiger partial charge in [-0.2, -0.15) is 5.53 Å². The van der Waals surface area contributed by atoms with Crippen molar-refractivity contribution in [1.29, 1.82) is 0 Å². The van der Waals surface area contributed by atoms with Crippen LogP contribution in [0.5, 0.6) is 0 Å². The van der Waals surface area contributed by atoms with Gasteiger partial charge in [0.15, 0.2) is 0 Å². The van der Waals surface area contributed by atoms with E-state index < -0.39 is 6.04 Å². The molecule has 0 aromatic heterocycles. The first-order chi connectivity index (χ1) is 11.7. The summed E-state index contributed by atoms with van der Waals surface area (Å²) in [6, 6.07) is 13.1. The first-order valence-corrected chi connectivity index (χ1v) is 8.53. The Kier molecular flexibility index (Phi) is 4.24. The van der Waals surface area contributed by atoms with E-state index in [-0.39, 0.29) is 11.9 Å². The number of carbonyl (C=O) groups is 1. The Balaban J connectivity index is 1.51. The lowest BCUT2D eigenvalue weighted by Crippen LogP contribution is -2.41. The minimum atomic E-state index is -0.434. The van der Waals surface area contributed by atoms with Gasteiger partial charge in [-0.1, -0.05) is 29.8 Å². The molecule has 1 saturated heterocycles. The largest absolute Gasteiger partial charge is 0.325 e. The van der Waals surface area contributed by atoms with Crippen LogP contribution in [0.2, 0.25) is 5.02 Å². The summed E-state index contributed by atoms with van der Waals surface area (Å²) in [5, 5.41) is 3.67. The van der Waals surface area contributed by atoms with Crippen LogP contribution in [0.25, 0.3) is 0 Å². The Morgan fingerprint density at radius 3 is 2.83 bits per heavy atom. The minimum absolute atomic E-state index is 0.0876. The zero-order valence-electron chi connectivity index (χ0n) is 13.1. The molecule has 0 bridgehead atoms. The highest BCUT2D eigenvalue weighted by Crippen LogP contribution is 2.26. The van der Waals surface area contributed by atoms with E-state index in [0.29, 0.717) is 5.02 Å². The van der Waals surface area contributed by atoms with Gasteiger partial charge in [0.05, 0.1) is 6.04 Å². The van der Waals surface area contributed by atoms with Crippen molar-refractivity contribution in [1.82, 2.24) is 16.4 Å². The van der Waals surface area contributed by atoms with E-state index in [1.54, 1.807) is 0 Å². The third-order valence-electron chi connectivity index (χ3n) is 4.64. The van der Waals surface area contributed by atoms with E-state index >= 15 is 0 Å². The van der Waals surface area contributed by atoms with Gasteiger partial charge >= 0.3 is 0 Å². The summed E-state index contributed by atoms with van der Waals surface area (Å²) >= 11 is 6.07. The van der Waals surface area contributed by atoms with Gasteiger partial charge in [0, 0.05) is 10.7 Å². The number of nitrogens with one attached hydrogen (secondary N) is 4. The standard InChI is InChI=1S/C18H19ClN4O/c19-14-6-2-5-13(9-14)16-17(22-23-21-16)18(24)20-15-8-7-11-3-1-4-12(11)10-15/h2,5-10,16-17,21-23H,1,3-4H2,(H,20,24). The Morgan fingerprint density at radius 2 is 1.96 bits per heavy atom. The number of carbonyl (C=O) groups excluding carboxylic acids is 1. The van der Waals surface area contributed by atoms with Crippen LogP contribution >= 0.6 is 11.6 Å². The molecule has 2 atom stereocenters. The number of hydrazine groups is 2. The highest BCUT2D eigenvalue weighted by atomic mass is 35.5. The molecule has 2 aromatic carbocycles. The Labute approximate surface area is 145 Å². The molecule has 0 saturated carbocycles. The van der Waals surface area contributed by atoms with Gasteiger partial charge in [0.2, 0.25) is 5.91 Å². The second kappa shape index (κ2) is 6.53. The van der Waals surface area contributed by atoms with Crippen LogP contribution in [0, 0.1) is 0 Å². The summed E-state index contributed by atoms with van der Waals surface area (Å²) in [7, 11) is 0. The predicted molar refractivity (Wildman–Crippen MR) is 94.5 cm³/mol. The monoisotopic (exact) mass is 342 g/mol. The molecule has 2 unspecified atom stereocenters. The van der Waals surface area contributed by atoms with Crippen LogP contribution in [-0.4, -0.2) is 11.9 Å². The lowest BCUT2D eigenvalue weighted by atomic mass is 10.00. The molecular weight excluding hydrogens is 324 g/mol. The van der Waals surface area contributed by atoms with Crippen molar-refractivity contribution in [2.75, 3.05) is 5.32 Å². The highest BCUT2D eigenvalue weighted by molar-refractivity contribution is 6.30. The Bertz CT molecular complexity index is 779. The molecule has 4 N–H and O–H groups in total. The summed E-state index contributed by atoms with van der Waals surface area (Å²) in [6.07, 6.45) is 3.43. The third-order valence-corrected chi connectivity index (χ3v) is 4.88. The van der Waals surface area contributed by atoms with Crippen molar-refractivity contribution in [3.05, 3.63) is 64.2 Å². The fourth-order valence-corrected chi connectivity index (χ4v) is 3.62. The van der Waals surface area contributed by atoms with Gasteiger partial charge < -0.3 is 5.32 Å². The van der Waals surface area contributed by atoms with Gasteiger partial charge in [-0.15, -0.1) is 0 Å². The molecule has 2 aliphatic rings. The molecule has 4 rings (SSSR count). The quantitative estimate of drug-likeness (QED) is 0.692. The maximum absolute atomic E-state index is 12.7. The van der Waals surface area contributed by atoms with E-state index in [9.17, 15) is 4.79 Å². The number of halogens is 1. The fourth-order valence-electron chi connectivity index (χ4n) is 3.43. The van der Waals surface area contributed by atoms with Gasteiger partial charge in [-0.25, -0.2) is 10.9 Å². The summed E-state index contributed by atoms with van der Waals surface area (Å²) < 4.78 is 0. The van der Waals surface area contributed by atoms with Crippen LogP contribution in [0.1, 0.15) is 29.2 Å². The average Bonchev–Trinajstić information content (AvgIpc) is 3.23. The number of amides is 1. The van der Waals surface area contributed by atoms with Gasteiger partial charge in [0.1, 0.15) is 6.04 Å². The zero-order valence-corrected chi connectivity index (χ0v) is 13.9. The Hall–Kier alpha value is -1.92. The Morgan fingerprint density at radius 1 is 1.08 bits per heavy atom. The second-order valence-corrected chi connectivity index (χ2v) is 6.69. The topological polar surface area (TPSA) is 65.2 Å². The molecule has 124 valence electrons. The zero-order chi connectivity index (χ0) is 16.5. The number of fused-ring (bicyclic) bond motifs is 1. The van der Waals surface area contributed by atoms with Crippen LogP contribution in [0.3, 0.4) is 0 Å². The smallest absolute Gasteiger partial charge is 0.244 e. The first-order valence-electron chi connectivity index (χ1n) is 8.15. The number of hydrogen-bond acceptors (Lipinski definition) is 4. The molecule has 5 nitrogen and oxygen atoms in total. The van der Waals surface area contributed by atoms with Crippen molar-refractivity contribution in [3.63, 3.8) is 0 Å². The number of hydrogen-bond donors (Lipinski definition) is 4. The molecule has 1 heterocycles. The highest BCUT2D eigenvalue weighted by Gasteiger charge is 2.34. The van der Waals surface area contributed by atoms with Gasteiger partial charge in [0.25, 0.3) is 0 Å². The molecule has 1 aliphatic carbocycles. The lowest BCUT2D eigenvalue weighted by molar-refractivity contribution is -0.118. The van der Waals surface area contributed by atoms with Crippen molar-refractivity contribution in [2.45, 2.75) is 31.3 Å². The first kappa shape index (κ1) is 15.6. The molecule has 1 aliphatic heterocycles. The van der Waals surface area contributed by atoms with E-state index in [1.165, 1.54) is 17.5 Å². The molecule has 1 amide bonds. The molecular formula is C18H19ClN4O. The van der Waals surface area contributed by atoms with Crippen LogP contribution in [0.4, 0.5) is 5.69 Å². The maximum atomic E-state index is 12.7. The molecule has 6 heteroatoms. The van der Waals surface area contributed by atoms with Crippen molar-refractivity contribution in [2.24, 2.45) is 0 Å². The molecule has 2 aromatic rings. The summed E-state index contributed by atoms with van der Waals surface area (Å²) in [5.41, 5.74) is 13.4. The predicted octanol–water partition coefficient (Wildman–Crippen LogP) is 2.49. The van der Waals surface area contributed by atoms with Crippen molar-refractivity contribution < 1.29 is 4.79 Å². The van der Waals surface area contributed by atoms with Crippen LogP contribution < -0.4 is 21.7 Å². The van der Waals surface area contributed by atoms with Crippen molar-refractivity contribution in [3.8, 4) is 0 Å². The normalized spacial score (nSPS) is 22.4. The summed E-state index contributed by atoms with van der Waals surface area (Å²) in [4.78, 5) is 12.7. The number of aryl methyl sites for hydroxylation is 2. The molecule has 0 spiro atoms. The van der Waals surface area contributed by atoms with Crippen molar-refractivity contribution >= 4 is 23.2 Å². The molecule has 24 heavy (non-hydrogen) atoms. The summed E-state index contributed by atoms with van der Waals surface area (Å²) in [5.74, 6) is -0.0876. The number of rotatable bonds is 3. The van der Waals surface area contributed by atoms with Crippen LogP contribution in [-0.2, 0) is 17.6 Å². The van der Waals surface area contributed by atoms with E-state index in [4.69, 9.17) is 11.6 Å².